The number of aromatic carboxylic acids is 1. The Labute approximate surface area is 113 Å². The van der Waals surface area contributed by atoms with Crippen molar-refractivity contribution in [1.29, 1.82) is 0 Å². The summed E-state index contributed by atoms with van der Waals surface area (Å²) in [6, 6.07) is 9.82. The normalized spacial score (nSPS) is 10.6. The molecule has 2 heterocycles. The first-order valence-electron chi connectivity index (χ1n) is 5.96. The summed E-state index contributed by atoms with van der Waals surface area (Å²) in [5.74, 6) is -0.751. The second-order valence-electron chi connectivity index (χ2n) is 4.15. The van der Waals surface area contributed by atoms with Gasteiger partial charge in [-0.25, -0.2) is 19.7 Å². The second kappa shape index (κ2) is 4.96. The summed E-state index contributed by atoms with van der Waals surface area (Å²) in [6.07, 6.45) is 1.35. The van der Waals surface area contributed by atoms with Gasteiger partial charge in [-0.1, -0.05) is 30.3 Å². The van der Waals surface area contributed by atoms with Crippen LogP contribution in [0.3, 0.4) is 0 Å². The number of H-pyrrole nitrogens is 1. The van der Waals surface area contributed by atoms with Crippen LogP contribution in [0.4, 0.5) is 5.82 Å². The summed E-state index contributed by atoms with van der Waals surface area (Å²) >= 11 is 0. The van der Waals surface area contributed by atoms with Crippen LogP contribution in [-0.4, -0.2) is 31.0 Å². The fourth-order valence-corrected chi connectivity index (χ4v) is 1.85. The van der Waals surface area contributed by atoms with Gasteiger partial charge in [0.2, 0.25) is 5.82 Å². The molecule has 3 aromatic rings. The number of nitrogens with one attached hydrogen (secondary N) is 2. The molecule has 0 aliphatic heterocycles. The van der Waals surface area contributed by atoms with E-state index in [0.29, 0.717) is 23.5 Å². The van der Waals surface area contributed by atoms with E-state index >= 15 is 0 Å². The van der Waals surface area contributed by atoms with E-state index in [9.17, 15) is 4.79 Å². The van der Waals surface area contributed by atoms with Crippen molar-refractivity contribution in [3.63, 3.8) is 0 Å². The van der Waals surface area contributed by atoms with Gasteiger partial charge in [0, 0.05) is 6.54 Å². The van der Waals surface area contributed by atoms with E-state index in [-0.39, 0.29) is 5.82 Å². The maximum Gasteiger partial charge on any atom is 0.371 e. The standard InChI is InChI=1S/C13H11N5O2/c19-13(20)12-17-9-10(15-7-16-11(9)18-12)14-6-8-4-2-1-3-5-8/h1-5,7H,6H2,(H,19,20)(H2,14,15,16,17,18). The first-order valence-corrected chi connectivity index (χ1v) is 5.96. The summed E-state index contributed by atoms with van der Waals surface area (Å²) in [5.41, 5.74) is 1.91. The van der Waals surface area contributed by atoms with Gasteiger partial charge in [0.15, 0.2) is 11.5 Å². The zero-order valence-electron chi connectivity index (χ0n) is 10.4. The predicted octanol–water partition coefficient (Wildman–Crippen LogP) is 1.66. The number of anilines is 1. The molecule has 20 heavy (non-hydrogen) atoms. The second-order valence-corrected chi connectivity index (χ2v) is 4.15. The van der Waals surface area contributed by atoms with Crippen LogP contribution in [-0.2, 0) is 6.54 Å². The van der Waals surface area contributed by atoms with E-state index in [2.05, 4.69) is 25.3 Å². The van der Waals surface area contributed by atoms with Gasteiger partial charge in [0.1, 0.15) is 11.8 Å². The molecule has 0 atom stereocenters. The minimum Gasteiger partial charge on any atom is -0.475 e. The number of rotatable bonds is 4. The molecule has 3 rings (SSSR count). The van der Waals surface area contributed by atoms with Gasteiger partial charge in [-0.05, 0) is 5.56 Å². The van der Waals surface area contributed by atoms with E-state index in [0.717, 1.165) is 5.56 Å². The highest BCUT2D eigenvalue weighted by molar-refractivity contribution is 5.91. The summed E-state index contributed by atoms with van der Waals surface area (Å²) in [5, 5.41) is 12.1. The third kappa shape index (κ3) is 2.28. The Kier molecular flexibility index (Phi) is 3.00. The molecule has 1 aromatic carbocycles. The average molecular weight is 269 g/mol. The minimum absolute atomic E-state index is 0.150. The number of aromatic amines is 1. The van der Waals surface area contributed by atoms with E-state index in [1.54, 1.807) is 0 Å². The Morgan fingerprint density at radius 2 is 2.05 bits per heavy atom. The molecule has 0 aliphatic carbocycles. The van der Waals surface area contributed by atoms with Crippen molar-refractivity contribution in [2.45, 2.75) is 6.54 Å². The maximum absolute atomic E-state index is 10.9. The van der Waals surface area contributed by atoms with E-state index in [1.807, 2.05) is 30.3 Å². The van der Waals surface area contributed by atoms with Crippen LogP contribution >= 0.6 is 0 Å². The third-order valence-electron chi connectivity index (χ3n) is 2.79. The predicted molar refractivity (Wildman–Crippen MR) is 72.4 cm³/mol. The number of aromatic nitrogens is 4. The highest BCUT2D eigenvalue weighted by Gasteiger charge is 2.13. The summed E-state index contributed by atoms with van der Waals surface area (Å²) < 4.78 is 0. The molecule has 0 spiro atoms. The zero-order valence-corrected chi connectivity index (χ0v) is 10.4. The smallest absolute Gasteiger partial charge is 0.371 e. The van der Waals surface area contributed by atoms with Gasteiger partial charge >= 0.3 is 5.97 Å². The molecule has 0 unspecified atom stereocenters. The molecule has 0 saturated carbocycles. The number of nitrogens with zero attached hydrogens (tertiary/aromatic N) is 3. The lowest BCUT2D eigenvalue weighted by molar-refractivity contribution is 0.0685. The van der Waals surface area contributed by atoms with Gasteiger partial charge in [0.25, 0.3) is 0 Å². The molecule has 0 aliphatic rings. The lowest BCUT2D eigenvalue weighted by Crippen LogP contribution is -2.02. The Balaban J connectivity index is 1.89. The SMILES string of the molecule is O=C(O)c1nc2ncnc(NCc3ccccc3)c2[nH]1. The lowest BCUT2D eigenvalue weighted by atomic mass is 10.2. The molecule has 7 nitrogen and oxygen atoms in total. The van der Waals surface area contributed by atoms with E-state index < -0.39 is 5.97 Å². The molecule has 3 N–H and O–H groups in total. The molecule has 100 valence electrons. The molecular formula is C13H11N5O2. The van der Waals surface area contributed by atoms with Crippen LogP contribution in [0.25, 0.3) is 11.2 Å². The monoisotopic (exact) mass is 269 g/mol. The van der Waals surface area contributed by atoms with Crippen LogP contribution in [0.15, 0.2) is 36.7 Å². The highest BCUT2D eigenvalue weighted by Crippen LogP contribution is 2.17. The molecule has 7 heteroatoms. The van der Waals surface area contributed by atoms with Crippen molar-refractivity contribution in [2.75, 3.05) is 5.32 Å². The quantitative estimate of drug-likeness (QED) is 0.665. The van der Waals surface area contributed by atoms with E-state index in [1.165, 1.54) is 6.33 Å². The topological polar surface area (TPSA) is 104 Å². The first-order chi connectivity index (χ1) is 9.74. The molecule has 0 fully saturated rings. The molecule has 0 amide bonds. The van der Waals surface area contributed by atoms with Crippen molar-refractivity contribution < 1.29 is 9.90 Å². The van der Waals surface area contributed by atoms with Crippen LogP contribution < -0.4 is 5.32 Å². The highest BCUT2D eigenvalue weighted by atomic mass is 16.4. The Morgan fingerprint density at radius 1 is 1.25 bits per heavy atom. The van der Waals surface area contributed by atoms with Gasteiger partial charge in [-0.2, -0.15) is 0 Å². The number of fused-ring (bicyclic) bond motifs is 1. The van der Waals surface area contributed by atoms with Crippen molar-refractivity contribution in [3.05, 3.63) is 48.0 Å². The van der Waals surface area contributed by atoms with Crippen LogP contribution in [0.5, 0.6) is 0 Å². The average Bonchev–Trinajstić information content (AvgIpc) is 2.91. The Bertz CT molecular complexity index is 754. The van der Waals surface area contributed by atoms with Crippen molar-refractivity contribution in [3.8, 4) is 0 Å². The Hall–Kier alpha value is -2.96. The molecule has 0 saturated heterocycles. The fraction of sp³-hybridized carbons (Fsp3) is 0.0769. The lowest BCUT2D eigenvalue weighted by Gasteiger charge is -2.05. The minimum atomic E-state index is -1.13. The summed E-state index contributed by atoms with van der Waals surface area (Å²) in [6.45, 7) is 0.578. The third-order valence-corrected chi connectivity index (χ3v) is 2.79. The molecule has 0 radical (unpaired) electrons. The number of imidazole rings is 1. The summed E-state index contributed by atoms with van der Waals surface area (Å²) in [7, 11) is 0. The number of hydrogen-bond donors (Lipinski definition) is 3. The molecule has 0 bridgehead atoms. The van der Waals surface area contributed by atoms with Crippen LogP contribution in [0.1, 0.15) is 16.2 Å². The fourth-order valence-electron chi connectivity index (χ4n) is 1.85. The van der Waals surface area contributed by atoms with Crippen LogP contribution in [0, 0.1) is 0 Å². The maximum atomic E-state index is 10.9. The number of carboxylic acid groups (broad SMARTS) is 1. The molecule has 2 aromatic heterocycles. The van der Waals surface area contributed by atoms with Crippen molar-refractivity contribution in [1.82, 2.24) is 19.9 Å². The van der Waals surface area contributed by atoms with Crippen molar-refractivity contribution >= 4 is 23.0 Å². The number of hydrogen-bond acceptors (Lipinski definition) is 5. The number of carboxylic acids is 1. The van der Waals surface area contributed by atoms with Gasteiger partial charge < -0.3 is 15.4 Å². The number of benzene rings is 1. The van der Waals surface area contributed by atoms with Gasteiger partial charge in [0.05, 0.1) is 0 Å². The van der Waals surface area contributed by atoms with Crippen molar-refractivity contribution in [2.24, 2.45) is 0 Å². The van der Waals surface area contributed by atoms with Gasteiger partial charge in [-0.15, -0.1) is 0 Å². The largest absolute Gasteiger partial charge is 0.475 e. The zero-order chi connectivity index (χ0) is 13.9. The Morgan fingerprint density at radius 3 is 2.80 bits per heavy atom. The summed E-state index contributed by atoms with van der Waals surface area (Å²) in [4.78, 5) is 25.5. The first kappa shape index (κ1) is 12.1. The molecular weight excluding hydrogens is 258 g/mol. The van der Waals surface area contributed by atoms with Crippen LogP contribution in [0.2, 0.25) is 0 Å². The van der Waals surface area contributed by atoms with E-state index in [4.69, 9.17) is 5.11 Å². The van der Waals surface area contributed by atoms with Gasteiger partial charge in [-0.3, -0.25) is 0 Å². The number of carbonyl (C=O) groups is 1.